The second-order valence-electron chi connectivity index (χ2n) is 5.07. The summed E-state index contributed by atoms with van der Waals surface area (Å²) in [4.78, 5) is 0. The Labute approximate surface area is 150 Å². The molecule has 3 aromatic rings. The maximum atomic E-state index is 5.75. The molecule has 25 heavy (non-hydrogen) atoms. The van der Waals surface area contributed by atoms with Gasteiger partial charge < -0.3 is 18.6 Å². The van der Waals surface area contributed by atoms with E-state index in [-0.39, 0.29) is 0 Å². The molecule has 3 rings (SSSR count). The monoisotopic (exact) mass is 358 g/mol. The molecule has 0 saturated carbocycles. The number of para-hydroxylation sites is 1. The van der Waals surface area contributed by atoms with Gasteiger partial charge in [-0.15, -0.1) is 10.2 Å². The summed E-state index contributed by atoms with van der Waals surface area (Å²) >= 11 is 1.46. The molecule has 0 bridgehead atoms. The minimum absolute atomic E-state index is 0.416. The predicted octanol–water partition coefficient (Wildman–Crippen LogP) is 4.05. The Hall–Kier alpha value is -2.67. The van der Waals surface area contributed by atoms with Crippen LogP contribution < -0.4 is 14.2 Å². The standard InChI is InChI=1S/C18H18N2O4S/c1-21-14-8-13(9-15(10-14)22-2)17-19-20-18(24-17)25-11-12-6-4-5-7-16(12)23-3/h4-10H,11H2,1-3H3. The molecule has 6 nitrogen and oxygen atoms in total. The lowest BCUT2D eigenvalue weighted by atomic mass is 10.2. The Balaban J connectivity index is 1.76. The lowest BCUT2D eigenvalue weighted by Gasteiger charge is -2.06. The summed E-state index contributed by atoms with van der Waals surface area (Å²) in [7, 11) is 4.85. The molecule has 0 unspecified atom stereocenters. The zero-order valence-electron chi connectivity index (χ0n) is 14.2. The Kier molecular flexibility index (Phi) is 5.45. The molecule has 1 aromatic heterocycles. The molecule has 1 heterocycles. The third-order valence-corrected chi connectivity index (χ3v) is 4.42. The lowest BCUT2D eigenvalue weighted by molar-refractivity contribution is 0.394. The van der Waals surface area contributed by atoms with Crippen LogP contribution in [0.5, 0.6) is 17.2 Å². The van der Waals surface area contributed by atoms with Crippen LogP contribution in [-0.4, -0.2) is 31.5 Å². The number of ether oxygens (including phenoxy) is 3. The fourth-order valence-corrected chi connectivity index (χ4v) is 3.03. The third kappa shape index (κ3) is 4.06. The van der Waals surface area contributed by atoms with Crippen molar-refractivity contribution in [3.8, 4) is 28.7 Å². The number of hydrogen-bond donors (Lipinski definition) is 0. The van der Waals surface area contributed by atoms with Gasteiger partial charge in [0, 0.05) is 22.9 Å². The fourth-order valence-electron chi connectivity index (χ4n) is 2.28. The van der Waals surface area contributed by atoms with Gasteiger partial charge in [-0.1, -0.05) is 30.0 Å². The average molecular weight is 358 g/mol. The second kappa shape index (κ2) is 7.94. The van der Waals surface area contributed by atoms with Crippen LogP contribution in [0, 0.1) is 0 Å². The highest BCUT2D eigenvalue weighted by molar-refractivity contribution is 7.98. The van der Waals surface area contributed by atoms with E-state index in [2.05, 4.69) is 10.2 Å². The first-order valence-corrected chi connectivity index (χ1v) is 8.53. The normalized spacial score (nSPS) is 10.5. The molecule has 0 aliphatic carbocycles. The van der Waals surface area contributed by atoms with Gasteiger partial charge in [0.1, 0.15) is 17.2 Å². The molecule has 0 spiro atoms. The average Bonchev–Trinajstić information content (AvgIpc) is 3.15. The van der Waals surface area contributed by atoms with Crippen LogP contribution >= 0.6 is 11.8 Å². The summed E-state index contributed by atoms with van der Waals surface area (Å²) in [6.45, 7) is 0. The van der Waals surface area contributed by atoms with Gasteiger partial charge in [0.15, 0.2) is 0 Å². The van der Waals surface area contributed by atoms with Gasteiger partial charge in [-0.05, 0) is 18.2 Å². The summed E-state index contributed by atoms with van der Waals surface area (Å²) in [6.07, 6.45) is 0. The van der Waals surface area contributed by atoms with Crippen LogP contribution in [0.25, 0.3) is 11.5 Å². The van der Waals surface area contributed by atoms with Crippen molar-refractivity contribution in [2.75, 3.05) is 21.3 Å². The Morgan fingerprint density at radius 3 is 2.32 bits per heavy atom. The van der Waals surface area contributed by atoms with E-state index in [9.17, 15) is 0 Å². The number of methoxy groups -OCH3 is 3. The fraction of sp³-hybridized carbons (Fsp3) is 0.222. The highest BCUT2D eigenvalue weighted by Gasteiger charge is 2.13. The van der Waals surface area contributed by atoms with Crippen molar-refractivity contribution in [3.63, 3.8) is 0 Å². The minimum Gasteiger partial charge on any atom is -0.497 e. The maximum absolute atomic E-state index is 5.75. The SMILES string of the molecule is COc1cc(OC)cc(-c2nnc(SCc3ccccc3OC)o2)c1. The quantitative estimate of drug-likeness (QED) is 0.590. The summed E-state index contributed by atoms with van der Waals surface area (Å²) in [5, 5.41) is 8.70. The molecule has 0 saturated heterocycles. The van der Waals surface area contributed by atoms with Crippen molar-refractivity contribution in [2.45, 2.75) is 11.0 Å². The molecule has 130 valence electrons. The summed E-state index contributed by atoms with van der Waals surface area (Å²) in [5.74, 6) is 3.26. The first-order chi connectivity index (χ1) is 12.2. The minimum atomic E-state index is 0.416. The van der Waals surface area contributed by atoms with E-state index >= 15 is 0 Å². The molecular weight excluding hydrogens is 340 g/mol. The van der Waals surface area contributed by atoms with Crippen molar-refractivity contribution < 1.29 is 18.6 Å². The largest absolute Gasteiger partial charge is 0.497 e. The van der Waals surface area contributed by atoms with Gasteiger partial charge in [0.25, 0.3) is 5.22 Å². The molecule has 0 aliphatic rings. The van der Waals surface area contributed by atoms with Crippen LogP contribution in [0.3, 0.4) is 0 Å². The Morgan fingerprint density at radius 2 is 1.64 bits per heavy atom. The molecular formula is C18H18N2O4S. The van der Waals surface area contributed by atoms with E-state index < -0.39 is 0 Å². The van der Waals surface area contributed by atoms with Gasteiger partial charge in [-0.2, -0.15) is 0 Å². The number of rotatable bonds is 7. The van der Waals surface area contributed by atoms with Crippen molar-refractivity contribution in [1.29, 1.82) is 0 Å². The van der Waals surface area contributed by atoms with Crippen LogP contribution in [0.4, 0.5) is 0 Å². The maximum Gasteiger partial charge on any atom is 0.277 e. The van der Waals surface area contributed by atoms with E-state index in [1.807, 2.05) is 36.4 Å². The zero-order valence-corrected chi connectivity index (χ0v) is 15.0. The smallest absolute Gasteiger partial charge is 0.277 e. The van der Waals surface area contributed by atoms with Gasteiger partial charge in [0.2, 0.25) is 5.89 Å². The molecule has 0 aliphatic heterocycles. The van der Waals surface area contributed by atoms with Crippen LogP contribution in [-0.2, 0) is 5.75 Å². The summed E-state index contributed by atoms with van der Waals surface area (Å²) in [5.41, 5.74) is 1.81. The van der Waals surface area contributed by atoms with E-state index in [4.69, 9.17) is 18.6 Å². The van der Waals surface area contributed by atoms with Gasteiger partial charge >= 0.3 is 0 Å². The number of thioether (sulfide) groups is 1. The first kappa shape index (κ1) is 17.2. The summed E-state index contributed by atoms with van der Waals surface area (Å²) < 4.78 is 21.6. The number of benzene rings is 2. The predicted molar refractivity (Wildman–Crippen MR) is 95.4 cm³/mol. The van der Waals surface area contributed by atoms with E-state index in [0.29, 0.717) is 28.4 Å². The molecule has 0 fully saturated rings. The van der Waals surface area contributed by atoms with Crippen molar-refractivity contribution in [1.82, 2.24) is 10.2 Å². The van der Waals surface area contributed by atoms with Gasteiger partial charge in [-0.25, -0.2) is 0 Å². The van der Waals surface area contributed by atoms with Gasteiger partial charge in [0.05, 0.1) is 21.3 Å². The molecule has 0 amide bonds. The molecule has 2 aromatic carbocycles. The molecule has 0 radical (unpaired) electrons. The highest BCUT2D eigenvalue weighted by atomic mass is 32.2. The lowest BCUT2D eigenvalue weighted by Crippen LogP contribution is -1.89. The number of hydrogen-bond acceptors (Lipinski definition) is 7. The topological polar surface area (TPSA) is 66.6 Å². The van der Waals surface area contributed by atoms with Crippen molar-refractivity contribution in [2.24, 2.45) is 0 Å². The Morgan fingerprint density at radius 1 is 0.920 bits per heavy atom. The molecule has 0 N–H and O–H groups in total. The molecule has 7 heteroatoms. The van der Waals surface area contributed by atoms with Gasteiger partial charge in [-0.3, -0.25) is 0 Å². The van der Waals surface area contributed by atoms with Crippen molar-refractivity contribution in [3.05, 3.63) is 48.0 Å². The second-order valence-corrected chi connectivity index (χ2v) is 6.00. The van der Waals surface area contributed by atoms with Crippen LogP contribution in [0.15, 0.2) is 52.1 Å². The first-order valence-electron chi connectivity index (χ1n) is 7.55. The summed E-state index contributed by atoms with van der Waals surface area (Å²) in [6, 6.07) is 13.3. The number of aromatic nitrogens is 2. The van der Waals surface area contributed by atoms with Crippen LogP contribution in [0.2, 0.25) is 0 Å². The van der Waals surface area contributed by atoms with Crippen molar-refractivity contribution >= 4 is 11.8 Å². The van der Waals surface area contributed by atoms with E-state index in [1.54, 1.807) is 27.4 Å². The highest BCUT2D eigenvalue weighted by Crippen LogP contribution is 2.32. The zero-order chi connectivity index (χ0) is 17.6. The molecule has 0 atom stereocenters. The van der Waals surface area contributed by atoms with Crippen LogP contribution in [0.1, 0.15) is 5.56 Å². The van der Waals surface area contributed by atoms with E-state index in [0.717, 1.165) is 16.9 Å². The number of nitrogens with zero attached hydrogens (tertiary/aromatic N) is 2. The third-order valence-electron chi connectivity index (χ3n) is 3.55. The van der Waals surface area contributed by atoms with E-state index in [1.165, 1.54) is 11.8 Å². The Bertz CT molecular complexity index is 828.